The molecule has 0 atom stereocenters. The number of hydrogen-bond donors (Lipinski definition) is 1. The monoisotopic (exact) mass is 535 g/mol. The van der Waals surface area contributed by atoms with Crippen LogP contribution in [0.4, 0.5) is 11.4 Å². The Labute approximate surface area is 229 Å². The minimum atomic E-state index is -0.353. The summed E-state index contributed by atoms with van der Waals surface area (Å²) >= 11 is 0. The van der Waals surface area contributed by atoms with Crippen LogP contribution >= 0.6 is 0 Å². The number of hydrogen-bond acceptors (Lipinski definition) is 8. The Balaban J connectivity index is 0.000000199. The number of anilines is 1. The van der Waals surface area contributed by atoms with E-state index in [1.807, 2.05) is 37.3 Å². The molecule has 9 heteroatoms. The number of carbonyl (C=O) groups excluding carboxylic acids is 1. The maximum Gasteiger partial charge on any atom is 0.293 e. The Morgan fingerprint density at radius 3 is 2.49 bits per heavy atom. The fourth-order valence-corrected chi connectivity index (χ4v) is 5.13. The van der Waals surface area contributed by atoms with E-state index in [0.29, 0.717) is 5.69 Å². The molecule has 208 valence electrons. The third kappa shape index (κ3) is 6.49. The molecular formula is C30H37N3O6. The molecule has 2 N–H and O–H groups in total. The molecule has 1 aliphatic heterocycles. The summed E-state index contributed by atoms with van der Waals surface area (Å²) in [5.74, 6) is 8.03. The molecule has 2 aromatic carbocycles. The number of rotatable bonds is 8. The molecular weight excluding hydrogens is 498 g/mol. The van der Waals surface area contributed by atoms with E-state index in [-0.39, 0.29) is 34.8 Å². The minimum absolute atomic E-state index is 0.0697. The van der Waals surface area contributed by atoms with Crippen molar-refractivity contribution < 1.29 is 23.9 Å². The van der Waals surface area contributed by atoms with E-state index < -0.39 is 0 Å². The van der Waals surface area contributed by atoms with Crippen LogP contribution in [0.15, 0.2) is 54.1 Å². The Morgan fingerprint density at radius 2 is 1.87 bits per heavy atom. The van der Waals surface area contributed by atoms with E-state index in [1.165, 1.54) is 0 Å². The predicted octanol–water partition coefficient (Wildman–Crippen LogP) is 6.04. The van der Waals surface area contributed by atoms with Crippen LogP contribution in [0, 0.1) is 17.0 Å². The summed E-state index contributed by atoms with van der Waals surface area (Å²) in [6, 6.07) is 10.7. The number of nitro benzene ring substituents is 1. The lowest BCUT2D eigenvalue weighted by Gasteiger charge is -2.46. The lowest BCUT2D eigenvalue weighted by Crippen LogP contribution is -2.55. The normalized spacial score (nSPS) is 22.2. The number of ether oxygens (including phenoxy) is 3. The largest absolute Gasteiger partial charge is 0.454 e. The molecule has 39 heavy (non-hydrogen) atoms. The number of fused-ring (bicyclic) bond motifs is 1. The number of hydrazine groups is 1. The number of ketones is 1. The number of carbonyl (C=O) groups is 1. The van der Waals surface area contributed by atoms with Gasteiger partial charge in [0, 0.05) is 18.2 Å². The third-order valence-corrected chi connectivity index (χ3v) is 7.59. The van der Waals surface area contributed by atoms with Crippen LogP contribution in [0.1, 0.15) is 63.5 Å². The van der Waals surface area contributed by atoms with Gasteiger partial charge < -0.3 is 14.2 Å². The molecule has 2 aliphatic carbocycles. The van der Waals surface area contributed by atoms with Crippen LogP contribution in [0.3, 0.4) is 0 Å². The van der Waals surface area contributed by atoms with Crippen LogP contribution in [0.2, 0.25) is 0 Å². The Morgan fingerprint density at radius 1 is 1.13 bits per heavy atom. The van der Waals surface area contributed by atoms with Crippen molar-refractivity contribution in [2.75, 3.05) is 18.4 Å². The van der Waals surface area contributed by atoms with Gasteiger partial charge in [0.15, 0.2) is 17.3 Å². The van der Waals surface area contributed by atoms with Crippen LogP contribution in [-0.2, 0) is 9.53 Å². The van der Waals surface area contributed by atoms with E-state index in [2.05, 4.69) is 13.8 Å². The number of nitrogens with zero attached hydrogens (tertiary/aromatic N) is 2. The van der Waals surface area contributed by atoms with Crippen molar-refractivity contribution in [2.24, 2.45) is 5.84 Å². The molecule has 2 aromatic rings. The van der Waals surface area contributed by atoms with E-state index in [9.17, 15) is 14.9 Å². The molecule has 1 fully saturated rings. The molecule has 1 heterocycles. The average Bonchev–Trinajstić information content (AvgIpc) is 3.42. The Bertz CT molecular complexity index is 1260. The number of nitrogens with two attached hydrogens (primary N) is 1. The van der Waals surface area contributed by atoms with Gasteiger partial charge in [-0.05, 0) is 93.0 Å². The van der Waals surface area contributed by atoms with Crippen LogP contribution in [0.5, 0.6) is 11.5 Å². The van der Waals surface area contributed by atoms with E-state index in [1.54, 1.807) is 29.3 Å². The first-order chi connectivity index (χ1) is 18.8. The van der Waals surface area contributed by atoms with Gasteiger partial charge in [-0.2, -0.15) is 0 Å². The summed E-state index contributed by atoms with van der Waals surface area (Å²) in [5.41, 5.74) is 2.98. The zero-order valence-electron chi connectivity index (χ0n) is 22.9. The van der Waals surface area contributed by atoms with Crippen molar-refractivity contribution in [3.8, 4) is 11.5 Å². The first-order valence-corrected chi connectivity index (χ1v) is 13.5. The summed E-state index contributed by atoms with van der Waals surface area (Å²) in [7, 11) is 0. The standard InChI is InChI=1S/C18H29N3O3.C12H8O3/c1-4-12-24-15-8-10-18(5-2,11-9-15)20(19)17-13-14(3)6-7-16(17)21(22)23;13-10-3-2-9(10)5-8-1-4-11-12(6-8)15-7-14-11/h6-7,13,15H,4-5,8-12,19H2,1-3H3;1-6H,7H2. The zero-order valence-corrected chi connectivity index (χ0v) is 22.9. The van der Waals surface area contributed by atoms with E-state index >= 15 is 0 Å². The molecule has 9 nitrogen and oxygen atoms in total. The predicted molar refractivity (Wildman–Crippen MR) is 151 cm³/mol. The lowest BCUT2D eigenvalue weighted by atomic mass is 9.77. The molecule has 0 amide bonds. The second-order valence-electron chi connectivity index (χ2n) is 10.2. The molecule has 0 unspecified atom stereocenters. The smallest absolute Gasteiger partial charge is 0.293 e. The topological polar surface area (TPSA) is 117 Å². The SMILES string of the molecule is CCCOC1CCC(CC)(N(N)c2cc(C)ccc2[N+](=O)[O-])CC1.O=C1C=CC1=Cc1ccc2c(c1)OCO2. The molecule has 0 bridgehead atoms. The summed E-state index contributed by atoms with van der Waals surface area (Å²) in [5, 5.41) is 13.0. The van der Waals surface area contributed by atoms with Gasteiger partial charge in [-0.3, -0.25) is 19.9 Å². The number of aryl methyl sites for hydroxylation is 1. The van der Waals surface area contributed by atoms with Crippen molar-refractivity contribution in [1.29, 1.82) is 0 Å². The highest BCUT2D eigenvalue weighted by Crippen LogP contribution is 2.41. The Kier molecular flexibility index (Phi) is 9.04. The first-order valence-electron chi connectivity index (χ1n) is 13.5. The third-order valence-electron chi connectivity index (χ3n) is 7.59. The van der Waals surface area contributed by atoms with Gasteiger partial charge in [0.05, 0.1) is 16.6 Å². The second kappa shape index (κ2) is 12.4. The molecule has 0 spiro atoms. The number of benzene rings is 2. The summed E-state index contributed by atoms with van der Waals surface area (Å²) in [4.78, 5) is 22.1. The van der Waals surface area contributed by atoms with Gasteiger partial charge in [0.25, 0.3) is 5.69 Å². The molecule has 0 aromatic heterocycles. The molecule has 0 radical (unpaired) electrons. The fourth-order valence-electron chi connectivity index (χ4n) is 5.13. The summed E-state index contributed by atoms with van der Waals surface area (Å²) in [6.45, 7) is 7.20. The van der Waals surface area contributed by atoms with E-state index in [4.69, 9.17) is 20.1 Å². The summed E-state index contributed by atoms with van der Waals surface area (Å²) in [6.07, 6.45) is 11.0. The second-order valence-corrected chi connectivity index (χ2v) is 10.2. The highest BCUT2D eigenvalue weighted by Gasteiger charge is 2.40. The maximum absolute atomic E-state index is 11.4. The highest BCUT2D eigenvalue weighted by molar-refractivity contribution is 6.16. The lowest BCUT2D eigenvalue weighted by molar-refractivity contribution is -0.384. The molecule has 3 aliphatic rings. The van der Waals surface area contributed by atoms with Gasteiger partial charge in [0.2, 0.25) is 6.79 Å². The van der Waals surface area contributed by atoms with Crippen molar-refractivity contribution in [3.05, 3.63) is 75.4 Å². The van der Waals surface area contributed by atoms with Crippen LogP contribution in [-0.4, -0.2) is 35.7 Å². The number of nitro groups is 1. The minimum Gasteiger partial charge on any atom is -0.454 e. The van der Waals surface area contributed by atoms with Crippen molar-refractivity contribution >= 4 is 23.2 Å². The molecule has 0 saturated heterocycles. The zero-order chi connectivity index (χ0) is 28.0. The van der Waals surface area contributed by atoms with Crippen LogP contribution in [0.25, 0.3) is 6.08 Å². The van der Waals surface area contributed by atoms with Crippen molar-refractivity contribution in [2.45, 2.75) is 70.9 Å². The molecule has 1 saturated carbocycles. The highest BCUT2D eigenvalue weighted by atomic mass is 16.7. The average molecular weight is 536 g/mol. The first kappa shape index (κ1) is 28.3. The van der Waals surface area contributed by atoms with Gasteiger partial charge >= 0.3 is 0 Å². The van der Waals surface area contributed by atoms with Gasteiger partial charge in [0.1, 0.15) is 5.69 Å². The van der Waals surface area contributed by atoms with Gasteiger partial charge in [-0.25, -0.2) is 5.84 Å². The van der Waals surface area contributed by atoms with Crippen molar-refractivity contribution in [1.82, 2.24) is 0 Å². The van der Waals surface area contributed by atoms with Gasteiger partial charge in [-0.15, -0.1) is 0 Å². The number of allylic oxidation sites excluding steroid dienone is 3. The van der Waals surface area contributed by atoms with Crippen LogP contribution < -0.4 is 20.3 Å². The van der Waals surface area contributed by atoms with Crippen molar-refractivity contribution in [3.63, 3.8) is 0 Å². The molecule has 5 rings (SSSR count). The van der Waals surface area contributed by atoms with Gasteiger partial charge in [-0.1, -0.05) is 26.0 Å². The Hall–Kier alpha value is -3.69. The maximum atomic E-state index is 11.4. The fraction of sp³-hybridized carbons (Fsp3) is 0.433. The summed E-state index contributed by atoms with van der Waals surface area (Å²) < 4.78 is 16.3. The van der Waals surface area contributed by atoms with E-state index in [0.717, 1.165) is 73.3 Å². The quantitative estimate of drug-likeness (QED) is 0.188.